The summed E-state index contributed by atoms with van der Waals surface area (Å²) in [6.07, 6.45) is 0. The van der Waals surface area contributed by atoms with Crippen LogP contribution in [0.4, 0.5) is 0 Å². The van der Waals surface area contributed by atoms with Gasteiger partial charge in [0.2, 0.25) is 0 Å². The molecule has 0 radical (unpaired) electrons. The van der Waals surface area contributed by atoms with Crippen molar-refractivity contribution < 1.29 is 9.47 Å². The lowest BCUT2D eigenvalue weighted by Gasteiger charge is -2.41. The summed E-state index contributed by atoms with van der Waals surface area (Å²) >= 11 is 5.98. The molecular formula is C11H14ClNO2. The van der Waals surface area contributed by atoms with Crippen molar-refractivity contribution in [1.29, 1.82) is 0 Å². The van der Waals surface area contributed by atoms with Crippen molar-refractivity contribution in [2.45, 2.75) is 5.41 Å². The summed E-state index contributed by atoms with van der Waals surface area (Å²) in [5.41, 5.74) is 6.73. The molecule has 1 heterocycles. The van der Waals surface area contributed by atoms with Crippen LogP contribution in [-0.4, -0.2) is 26.9 Å². The minimum absolute atomic E-state index is 0.115. The van der Waals surface area contributed by atoms with Crippen LogP contribution < -0.4 is 10.5 Å². The fourth-order valence-electron chi connectivity index (χ4n) is 1.83. The Balaban J connectivity index is 2.44. The van der Waals surface area contributed by atoms with E-state index in [4.69, 9.17) is 26.8 Å². The number of hydrogen-bond acceptors (Lipinski definition) is 3. The van der Waals surface area contributed by atoms with Crippen LogP contribution in [0.2, 0.25) is 5.02 Å². The normalized spacial score (nSPS) is 18.3. The molecule has 15 heavy (non-hydrogen) atoms. The maximum Gasteiger partial charge on any atom is 0.122 e. The van der Waals surface area contributed by atoms with Crippen LogP contribution >= 0.6 is 11.6 Å². The van der Waals surface area contributed by atoms with Gasteiger partial charge in [-0.3, -0.25) is 0 Å². The van der Waals surface area contributed by atoms with E-state index in [9.17, 15) is 0 Å². The smallest absolute Gasteiger partial charge is 0.122 e. The average molecular weight is 228 g/mol. The molecule has 0 atom stereocenters. The number of halogens is 1. The molecule has 1 saturated heterocycles. The summed E-state index contributed by atoms with van der Waals surface area (Å²) in [5.74, 6) is 0.827. The van der Waals surface area contributed by atoms with Gasteiger partial charge in [0.25, 0.3) is 0 Å². The highest BCUT2D eigenvalue weighted by molar-refractivity contribution is 6.30. The zero-order valence-electron chi connectivity index (χ0n) is 8.63. The van der Waals surface area contributed by atoms with Gasteiger partial charge in [0.1, 0.15) is 5.75 Å². The van der Waals surface area contributed by atoms with E-state index < -0.39 is 0 Å². The van der Waals surface area contributed by atoms with E-state index in [-0.39, 0.29) is 5.41 Å². The first kappa shape index (κ1) is 10.7. The third-order valence-corrected chi connectivity index (χ3v) is 3.12. The molecule has 2 rings (SSSR count). The molecule has 1 aliphatic heterocycles. The van der Waals surface area contributed by atoms with Gasteiger partial charge in [0, 0.05) is 17.1 Å². The van der Waals surface area contributed by atoms with Crippen molar-refractivity contribution in [1.82, 2.24) is 0 Å². The monoisotopic (exact) mass is 227 g/mol. The number of rotatable bonds is 3. The highest BCUT2D eigenvalue weighted by Crippen LogP contribution is 2.38. The predicted molar refractivity (Wildman–Crippen MR) is 59.6 cm³/mol. The van der Waals surface area contributed by atoms with Crippen LogP contribution in [0, 0.1) is 0 Å². The Morgan fingerprint density at radius 1 is 1.53 bits per heavy atom. The summed E-state index contributed by atoms with van der Waals surface area (Å²) in [6.45, 7) is 1.82. The average Bonchev–Trinajstić information content (AvgIpc) is 2.17. The molecule has 0 bridgehead atoms. The van der Waals surface area contributed by atoms with Crippen molar-refractivity contribution in [3.63, 3.8) is 0 Å². The molecule has 0 aromatic heterocycles. The molecular weight excluding hydrogens is 214 g/mol. The number of hydrogen-bond donors (Lipinski definition) is 1. The van der Waals surface area contributed by atoms with Gasteiger partial charge in [0.15, 0.2) is 0 Å². The van der Waals surface area contributed by atoms with E-state index in [0.717, 1.165) is 11.3 Å². The van der Waals surface area contributed by atoms with Crippen molar-refractivity contribution in [2.75, 3.05) is 26.9 Å². The molecule has 0 aliphatic carbocycles. The molecule has 1 aliphatic rings. The van der Waals surface area contributed by atoms with Crippen LogP contribution in [0.3, 0.4) is 0 Å². The molecule has 0 unspecified atom stereocenters. The summed E-state index contributed by atoms with van der Waals surface area (Å²) < 4.78 is 10.6. The Bertz CT molecular complexity index is 358. The van der Waals surface area contributed by atoms with Crippen LogP contribution in [-0.2, 0) is 10.2 Å². The molecule has 4 heteroatoms. The second kappa shape index (κ2) is 4.00. The lowest BCUT2D eigenvalue weighted by molar-refractivity contribution is -0.0559. The van der Waals surface area contributed by atoms with Crippen molar-refractivity contribution in [3.05, 3.63) is 28.8 Å². The third kappa shape index (κ3) is 1.71. The zero-order chi connectivity index (χ0) is 10.9. The second-order valence-corrected chi connectivity index (χ2v) is 4.26. The van der Waals surface area contributed by atoms with Crippen LogP contribution in [0.25, 0.3) is 0 Å². The quantitative estimate of drug-likeness (QED) is 0.853. The van der Waals surface area contributed by atoms with Gasteiger partial charge in [-0.2, -0.15) is 0 Å². The minimum atomic E-state index is -0.115. The predicted octanol–water partition coefficient (Wildman–Crippen LogP) is 1.58. The Morgan fingerprint density at radius 2 is 2.27 bits per heavy atom. The summed E-state index contributed by atoms with van der Waals surface area (Å²) in [4.78, 5) is 0. The Morgan fingerprint density at radius 3 is 2.73 bits per heavy atom. The number of nitrogens with two attached hydrogens (primary N) is 1. The lowest BCUT2D eigenvalue weighted by Crippen LogP contribution is -2.52. The molecule has 1 aromatic carbocycles. The van der Waals surface area contributed by atoms with Gasteiger partial charge in [-0.25, -0.2) is 0 Å². The van der Waals surface area contributed by atoms with E-state index in [1.165, 1.54) is 0 Å². The molecule has 0 amide bonds. The first-order valence-corrected chi connectivity index (χ1v) is 5.21. The Kier molecular flexibility index (Phi) is 2.87. The maximum absolute atomic E-state index is 5.98. The molecule has 2 N–H and O–H groups in total. The van der Waals surface area contributed by atoms with Crippen LogP contribution in [0.1, 0.15) is 5.56 Å². The largest absolute Gasteiger partial charge is 0.496 e. The molecule has 82 valence electrons. The summed E-state index contributed by atoms with van der Waals surface area (Å²) in [6, 6.07) is 5.59. The standard InChI is InChI=1S/C11H14ClNO2/c1-14-10-3-2-8(12)4-9(10)11(5-13)6-15-7-11/h2-4H,5-7,13H2,1H3. The van der Waals surface area contributed by atoms with E-state index in [0.29, 0.717) is 24.8 Å². The van der Waals surface area contributed by atoms with E-state index in [1.54, 1.807) is 7.11 Å². The zero-order valence-corrected chi connectivity index (χ0v) is 9.38. The van der Waals surface area contributed by atoms with Crippen LogP contribution in [0.15, 0.2) is 18.2 Å². The lowest BCUT2D eigenvalue weighted by atomic mass is 9.78. The fraction of sp³-hybridized carbons (Fsp3) is 0.455. The van der Waals surface area contributed by atoms with Crippen molar-refractivity contribution in [3.8, 4) is 5.75 Å². The van der Waals surface area contributed by atoms with Gasteiger partial charge >= 0.3 is 0 Å². The molecule has 0 saturated carbocycles. The highest BCUT2D eigenvalue weighted by atomic mass is 35.5. The van der Waals surface area contributed by atoms with Crippen LogP contribution in [0.5, 0.6) is 5.75 Å². The summed E-state index contributed by atoms with van der Waals surface area (Å²) in [7, 11) is 1.65. The van der Waals surface area contributed by atoms with E-state index >= 15 is 0 Å². The Labute approximate surface area is 94.1 Å². The van der Waals surface area contributed by atoms with Gasteiger partial charge in [0.05, 0.1) is 25.7 Å². The third-order valence-electron chi connectivity index (χ3n) is 2.88. The van der Waals surface area contributed by atoms with Gasteiger partial charge in [-0.15, -0.1) is 0 Å². The minimum Gasteiger partial charge on any atom is -0.496 e. The number of benzene rings is 1. The molecule has 1 fully saturated rings. The maximum atomic E-state index is 5.98. The second-order valence-electron chi connectivity index (χ2n) is 3.82. The topological polar surface area (TPSA) is 44.5 Å². The Hall–Kier alpha value is -0.770. The molecule has 0 spiro atoms. The van der Waals surface area contributed by atoms with Gasteiger partial charge in [-0.1, -0.05) is 11.6 Å². The summed E-state index contributed by atoms with van der Waals surface area (Å²) in [5, 5.41) is 0.700. The van der Waals surface area contributed by atoms with Gasteiger partial charge < -0.3 is 15.2 Å². The van der Waals surface area contributed by atoms with Crippen molar-refractivity contribution >= 4 is 11.6 Å². The first-order valence-electron chi connectivity index (χ1n) is 4.84. The van der Waals surface area contributed by atoms with Gasteiger partial charge in [-0.05, 0) is 18.2 Å². The highest BCUT2D eigenvalue weighted by Gasteiger charge is 2.41. The molecule has 3 nitrogen and oxygen atoms in total. The fourth-order valence-corrected chi connectivity index (χ4v) is 2.00. The first-order chi connectivity index (χ1) is 7.22. The number of methoxy groups -OCH3 is 1. The SMILES string of the molecule is COc1ccc(Cl)cc1C1(CN)COC1. The number of ether oxygens (including phenoxy) is 2. The molecule has 1 aromatic rings. The van der Waals surface area contributed by atoms with E-state index in [2.05, 4.69) is 0 Å². The van der Waals surface area contributed by atoms with Crippen molar-refractivity contribution in [2.24, 2.45) is 5.73 Å². The van der Waals surface area contributed by atoms with E-state index in [1.807, 2.05) is 18.2 Å².